The van der Waals surface area contributed by atoms with Crippen LogP contribution in [0.5, 0.6) is 0 Å². The van der Waals surface area contributed by atoms with E-state index in [2.05, 4.69) is 5.32 Å². The van der Waals surface area contributed by atoms with Crippen molar-refractivity contribution in [2.24, 2.45) is 0 Å². The van der Waals surface area contributed by atoms with Crippen molar-refractivity contribution in [1.29, 1.82) is 0 Å². The molecule has 0 fully saturated rings. The number of thioether (sulfide) groups is 1. The second kappa shape index (κ2) is 12.7. The van der Waals surface area contributed by atoms with Crippen LogP contribution < -0.4 is 5.32 Å². The van der Waals surface area contributed by atoms with Crippen LogP contribution in [0.2, 0.25) is 10.0 Å². The Hall–Kier alpha value is -2.47. The Morgan fingerprint density at radius 2 is 1.58 bits per heavy atom. The molecule has 33 heavy (non-hydrogen) atoms. The zero-order valence-electron chi connectivity index (χ0n) is 18.3. The van der Waals surface area contributed by atoms with Crippen molar-refractivity contribution in [1.82, 2.24) is 10.2 Å². The van der Waals surface area contributed by atoms with Crippen molar-refractivity contribution in [2.75, 3.05) is 12.8 Å². The standard InChI is InChI=1S/C26H26Cl2N2O2S/c1-29-26(32)24(15-19-6-3-2-4-7-19)30(16-21-8-5-9-23(28)14-21)25(31)18-33-17-20-10-12-22(27)13-11-20/h2-14,24H,15-18H2,1H3,(H,29,32)/t24-/m1/s1. The van der Waals surface area contributed by atoms with Crippen molar-refractivity contribution in [3.8, 4) is 0 Å². The maximum atomic E-state index is 13.4. The van der Waals surface area contributed by atoms with Crippen LogP contribution in [0.4, 0.5) is 0 Å². The number of nitrogens with zero attached hydrogens (tertiary/aromatic N) is 1. The van der Waals surface area contributed by atoms with Gasteiger partial charge in [0.15, 0.2) is 0 Å². The summed E-state index contributed by atoms with van der Waals surface area (Å²) in [5, 5.41) is 4.00. The summed E-state index contributed by atoms with van der Waals surface area (Å²) < 4.78 is 0. The molecular formula is C26H26Cl2N2O2S. The molecule has 1 N–H and O–H groups in total. The van der Waals surface area contributed by atoms with Crippen molar-refractivity contribution in [3.63, 3.8) is 0 Å². The van der Waals surface area contributed by atoms with Crippen LogP contribution in [0, 0.1) is 0 Å². The van der Waals surface area contributed by atoms with Crippen LogP contribution >= 0.6 is 35.0 Å². The first kappa shape index (κ1) is 25.2. The Balaban J connectivity index is 1.80. The third-order valence-electron chi connectivity index (χ3n) is 5.17. The number of halogens is 2. The molecule has 0 unspecified atom stereocenters. The van der Waals surface area contributed by atoms with E-state index < -0.39 is 6.04 Å². The molecule has 0 radical (unpaired) electrons. The summed E-state index contributed by atoms with van der Waals surface area (Å²) in [6.07, 6.45) is 0.425. The van der Waals surface area contributed by atoms with Crippen LogP contribution in [-0.4, -0.2) is 35.6 Å². The van der Waals surface area contributed by atoms with Crippen molar-refractivity contribution in [3.05, 3.63) is 106 Å². The molecule has 0 bridgehead atoms. The molecule has 0 aliphatic rings. The molecule has 3 aromatic rings. The van der Waals surface area contributed by atoms with E-state index >= 15 is 0 Å². The predicted octanol–water partition coefficient (Wildman–Crippen LogP) is 5.61. The van der Waals surface area contributed by atoms with Crippen molar-refractivity contribution < 1.29 is 9.59 Å². The Morgan fingerprint density at radius 1 is 0.879 bits per heavy atom. The lowest BCUT2D eigenvalue weighted by Gasteiger charge is -2.31. The van der Waals surface area contributed by atoms with Crippen LogP contribution in [0.1, 0.15) is 16.7 Å². The predicted molar refractivity (Wildman–Crippen MR) is 138 cm³/mol. The molecule has 1 atom stereocenters. The number of benzene rings is 3. The second-order valence-corrected chi connectivity index (χ2v) is 9.45. The van der Waals surface area contributed by atoms with E-state index in [1.165, 1.54) is 11.8 Å². The summed E-state index contributed by atoms with van der Waals surface area (Å²) in [6, 6.07) is 24.0. The smallest absolute Gasteiger partial charge is 0.242 e. The Kier molecular flexibility index (Phi) is 9.67. The zero-order chi connectivity index (χ0) is 23.6. The van der Waals surface area contributed by atoms with Gasteiger partial charge in [-0.3, -0.25) is 9.59 Å². The maximum absolute atomic E-state index is 13.4. The number of amides is 2. The number of rotatable bonds is 10. The van der Waals surface area contributed by atoms with Gasteiger partial charge in [-0.1, -0.05) is 77.8 Å². The minimum absolute atomic E-state index is 0.0986. The van der Waals surface area contributed by atoms with Gasteiger partial charge in [-0.25, -0.2) is 0 Å². The number of carbonyl (C=O) groups is 2. The number of hydrogen-bond donors (Lipinski definition) is 1. The molecule has 7 heteroatoms. The average molecular weight is 501 g/mol. The van der Waals surface area contributed by atoms with Gasteiger partial charge in [0.2, 0.25) is 11.8 Å². The normalized spacial score (nSPS) is 11.6. The van der Waals surface area contributed by atoms with Gasteiger partial charge in [0.05, 0.1) is 5.75 Å². The van der Waals surface area contributed by atoms with Gasteiger partial charge in [-0.15, -0.1) is 11.8 Å². The first-order valence-electron chi connectivity index (χ1n) is 10.6. The van der Waals surface area contributed by atoms with Crippen molar-refractivity contribution >= 4 is 46.8 Å². The van der Waals surface area contributed by atoms with Gasteiger partial charge in [-0.05, 0) is 41.0 Å². The molecule has 3 aromatic carbocycles. The van der Waals surface area contributed by atoms with Crippen LogP contribution in [0.25, 0.3) is 0 Å². The highest BCUT2D eigenvalue weighted by Gasteiger charge is 2.29. The molecular weight excluding hydrogens is 475 g/mol. The zero-order valence-corrected chi connectivity index (χ0v) is 20.7. The van der Waals surface area contributed by atoms with Gasteiger partial charge in [0, 0.05) is 35.8 Å². The second-order valence-electron chi connectivity index (χ2n) is 7.59. The van der Waals surface area contributed by atoms with Gasteiger partial charge in [0.25, 0.3) is 0 Å². The lowest BCUT2D eigenvalue weighted by Crippen LogP contribution is -2.50. The quantitative estimate of drug-likeness (QED) is 0.393. The lowest BCUT2D eigenvalue weighted by atomic mass is 10.0. The van der Waals surface area contributed by atoms with Crippen LogP contribution in [0.15, 0.2) is 78.9 Å². The van der Waals surface area contributed by atoms with Gasteiger partial charge in [-0.2, -0.15) is 0 Å². The SMILES string of the molecule is CNC(=O)[C@@H](Cc1ccccc1)N(Cc1cccc(Cl)c1)C(=O)CSCc1ccc(Cl)cc1. The van der Waals surface area contributed by atoms with Crippen LogP contribution in [-0.2, 0) is 28.3 Å². The molecule has 0 heterocycles. The minimum atomic E-state index is -0.639. The van der Waals surface area contributed by atoms with E-state index in [-0.39, 0.29) is 17.6 Å². The summed E-state index contributed by atoms with van der Waals surface area (Å²) >= 11 is 13.6. The third kappa shape index (κ3) is 7.81. The summed E-state index contributed by atoms with van der Waals surface area (Å²) in [6.45, 7) is 0.297. The van der Waals surface area contributed by atoms with E-state index in [0.717, 1.165) is 16.7 Å². The number of nitrogens with one attached hydrogen (secondary N) is 1. The fraction of sp³-hybridized carbons (Fsp3) is 0.231. The number of carbonyl (C=O) groups excluding carboxylic acids is 2. The molecule has 0 aromatic heterocycles. The Bertz CT molecular complexity index is 1060. The van der Waals surface area contributed by atoms with E-state index in [1.807, 2.05) is 72.8 Å². The Labute approximate surface area is 209 Å². The monoisotopic (exact) mass is 500 g/mol. The molecule has 0 saturated heterocycles. The molecule has 3 rings (SSSR count). The van der Waals surface area contributed by atoms with Crippen molar-refractivity contribution in [2.45, 2.75) is 24.8 Å². The third-order valence-corrected chi connectivity index (χ3v) is 6.64. The first-order chi connectivity index (χ1) is 16.0. The molecule has 0 spiro atoms. The molecule has 4 nitrogen and oxygen atoms in total. The van der Waals surface area contributed by atoms with Gasteiger partial charge < -0.3 is 10.2 Å². The summed E-state index contributed by atoms with van der Waals surface area (Å²) in [5.41, 5.74) is 2.95. The summed E-state index contributed by atoms with van der Waals surface area (Å²) in [7, 11) is 1.59. The molecule has 0 aliphatic carbocycles. The van der Waals surface area contributed by atoms with Crippen LogP contribution in [0.3, 0.4) is 0 Å². The highest BCUT2D eigenvalue weighted by molar-refractivity contribution is 7.99. The summed E-state index contributed by atoms with van der Waals surface area (Å²) in [5.74, 6) is 0.637. The van der Waals surface area contributed by atoms with E-state index in [1.54, 1.807) is 18.0 Å². The minimum Gasteiger partial charge on any atom is -0.357 e. The highest BCUT2D eigenvalue weighted by Crippen LogP contribution is 2.20. The largest absolute Gasteiger partial charge is 0.357 e. The topological polar surface area (TPSA) is 49.4 Å². The number of likely N-dealkylation sites (N-methyl/N-ethyl adjacent to an activating group) is 1. The molecule has 0 saturated carbocycles. The number of hydrogen-bond acceptors (Lipinski definition) is 3. The molecule has 0 aliphatic heterocycles. The van der Waals surface area contributed by atoms with E-state index in [4.69, 9.17) is 23.2 Å². The fourth-order valence-corrected chi connectivity index (χ4v) is 4.68. The average Bonchev–Trinajstić information content (AvgIpc) is 2.82. The van der Waals surface area contributed by atoms with E-state index in [9.17, 15) is 9.59 Å². The fourth-order valence-electron chi connectivity index (χ4n) is 3.47. The summed E-state index contributed by atoms with van der Waals surface area (Å²) in [4.78, 5) is 28.0. The first-order valence-corrected chi connectivity index (χ1v) is 12.5. The maximum Gasteiger partial charge on any atom is 0.242 e. The molecule has 172 valence electrons. The molecule has 2 amide bonds. The lowest BCUT2D eigenvalue weighted by molar-refractivity contribution is -0.139. The van der Waals surface area contributed by atoms with Gasteiger partial charge >= 0.3 is 0 Å². The van der Waals surface area contributed by atoms with Gasteiger partial charge in [0.1, 0.15) is 6.04 Å². The van der Waals surface area contributed by atoms with E-state index in [0.29, 0.717) is 28.8 Å². The Morgan fingerprint density at radius 3 is 2.24 bits per heavy atom. The highest BCUT2D eigenvalue weighted by atomic mass is 35.5.